The van der Waals surface area contributed by atoms with Crippen LogP contribution in [-0.2, 0) is 16.0 Å². The highest BCUT2D eigenvalue weighted by Gasteiger charge is 2.31. The molecule has 1 saturated heterocycles. The lowest BCUT2D eigenvalue weighted by Gasteiger charge is -2.17. The Bertz CT molecular complexity index is 661. The van der Waals surface area contributed by atoms with Gasteiger partial charge < -0.3 is 4.74 Å². The van der Waals surface area contributed by atoms with E-state index in [1.165, 1.54) is 11.1 Å². The van der Waals surface area contributed by atoms with E-state index in [1.54, 1.807) is 0 Å². The number of carbonyl (C=O) groups is 1. The van der Waals surface area contributed by atoms with Crippen LogP contribution < -0.4 is 0 Å². The molecule has 0 bridgehead atoms. The Morgan fingerprint density at radius 3 is 2.48 bits per heavy atom. The summed E-state index contributed by atoms with van der Waals surface area (Å²) in [4.78, 5) is 12.4. The van der Waals surface area contributed by atoms with Gasteiger partial charge in [0.2, 0.25) is 0 Å². The summed E-state index contributed by atoms with van der Waals surface area (Å²) in [6.45, 7) is 3.47. The molecule has 2 aromatic carbocycles. The third-order valence-corrected chi connectivity index (χ3v) is 4.76. The Morgan fingerprint density at radius 1 is 1.09 bits per heavy atom. The average molecular weight is 329 g/mol. The first-order valence-electron chi connectivity index (χ1n) is 8.02. The normalized spacial score (nSPS) is 20.6. The van der Waals surface area contributed by atoms with Crippen LogP contribution in [-0.4, -0.2) is 19.0 Å². The molecule has 1 aliphatic heterocycles. The molecule has 23 heavy (non-hydrogen) atoms. The number of ketones is 1. The second kappa shape index (κ2) is 7.29. The fraction of sp³-hybridized carbons (Fsp3) is 0.350. The summed E-state index contributed by atoms with van der Waals surface area (Å²) in [6.07, 6.45) is 1.04. The Kier molecular flexibility index (Phi) is 5.14. The first kappa shape index (κ1) is 16.2. The molecule has 0 saturated carbocycles. The van der Waals surface area contributed by atoms with Gasteiger partial charge in [0.1, 0.15) is 5.78 Å². The quantitative estimate of drug-likeness (QED) is 0.803. The Labute approximate surface area is 142 Å². The summed E-state index contributed by atoms with van der Waals surface area (Å²) in [6, 6.07) is 16.1. The Balaban J connectivity index is 1.62. The number of benzene rings is 2. The van der Waals surface area contributed by atoms with Crippen LogP contribution in [0.15, 0.2) is 48.5 Å². The molecule has 0 amide bonds. The number of rotatable bonds is 5. The van der Waals surface area contributed by atoms with E-state index in [0.717, 1.165) is 5.56 Å². The van der Waals surface area contributed by atoms with Crippen molar-refractivity contribution in [3.8, 4) is 0 Å². The highest BCUT2D eigenvalue weighted by atomic mass is 35.5. The smallest absolute Gasteiger partial charge is 0.137 e. The zero-order chi connectivity index (χ0) is 16.2. The van der Waals surface area contributed by atoms with Crippen molar-refractivity contribution in [1.82, 2.24) is 0 Å². The molecule has 1 heterocycles. The van der Waals surface area contributed by atoms with Gasteiger partial charge >= 0.3 is 0 Å². The minimum atomic E-state index is 0.264. The SMILES string of the molecule is Cc1ccc(C2COC[C@H]2CC(=O)Cc2ccc(Cl)cc2)cc1. The molecule has 120 valence electrons. The van der Waals surface area contributed by atoms with Gasteiger partial charge in [-0.3, -0.25) is 4.79 Å². The molecule has 2 atom stereocenters. The van der Waals surface area contributed by atoms with E-state index in [9.17, 15) is 4.79 Å². The van der Waals surface area contributed by atoms with Gasteiger partial charge in [0.25, 0.3) is 0 Å². The van der Waals surface area contributed by atoms with E-state index in [0.29, 0.717) is 37.0 Å². The predicted octanol–water partition coefficient (Wildman–Crippen LogP) is 4.58. The van der Waals surface area contributed by atoms with Crippen LogP contribution in [0.25, 0.3) is 0 Å². The van der Waals surface area contributed by atoms with Crippen LogP contribution in [0.2, 0.25) is 5.02 Å². The maximum Gasteiger partial charge on any atom is 0.137 e. The topological polar surface area (TPSA) is 26.3 Å². The lowest BCUT2D eigenvalue weighted by atomic mass is 9.84. The Morgan fingerprint density at radius 2 is 1.78 bits per heavy atom. The summed E-state index contributed by atoms with van der Waals surface area (Å²) in [5.74, 6) is 0.863. The summed E-state index contributed by atoms with van der Waals surface area (Å²) in [5.41, 5.74) is 3.55. The predicted molar refractivity (Wildman–Crippen MR) is 93.0 cm³/mol. The lowest BCUT2D eigenvalue weighted by Crippen LogP contribution is -2.16. The molecule has 3 heteroatoms. The van der Waals surface area contributed by atoms with E-state index in [2.05, 4.69) is 31.2 Å². The van der Waals surface area contributed by atoms with Gasteiger partial charge in [-0.1, -0.05) is 53.6 Å². The second-order valence-electron chi connectivity index (χ2n) is 6.36. The number of Topliss-reactive ketones (excluding diaryl/α,β-unsaturated/α-hetero) is 1. The van der Waals surface area contributed by atoms with E-state index >= 15 is 0 Å². The van der Waals surface area contributed by atoms with Crippen molar-refractivity contribution in [3.63, 3.8) is 0 Å². The third-order valence-electron chi connectivity index (χ3n) is 4.51. The molecule has 2 aromatic rings. The van der Waals surface area contributed by atoms with Gasteiger partial charge in [-0.25, -0.2) is 0 Å². The van der Waals surface area contributed by atoms with Gasteiger partial charge in [0.05, 0.1) is 13.2 Å². The van der Waals surface area contributed by atoms with Crippen molar-refractivity contribution in [3.05, 3.63) is 70.2 Å². The zero-order valence-electron chi connectivity index (χ0n) is 13.3. The van der Waals surface area contributed by atoms with Gasteiger partial charge in [-0.15, -0.1) is 0 Å². The third kappa shape index (κ3) is 4.21. The fourth-order valence-corrected chi connectivity index (χ4v) is 3.30. The molecule has 0 N–H and O–H groups in total. The van der Waals surface area contributed by atoms with Crippen molar-refractivity contribution in [2.75, 3.05) is 13.2 Å². The highest BCUT2D eigenvalue weighted by Crippen LogP contribution is 2.33. The van der Waals surface area contributed by atoms with E-state index < -0.39 is 0 Å². The molecular weight excluding hydrogens is 308 g/mol. The van der Waals surface area contributed by atoms with Crippen molar-refractivity contribution >= 4 is 17.4 Å². The molecule has 0 aliphatic carbocycles. The number of aryl methyl sites for hydroxylation is 1. The molecule has 2 nitrogen and oxygen atoms in total. The zero-order valence-corrected chi connectivity index (χ0v) is 14.1. The monoisotopic (exact) mass is 328 g/mol. The minimum Gasteiger partial charge on any atom is -0.380 e. The molecular formula is C20H21ClO2. The maximum atomic E-state index is 12.4. The molecule has 1 aliphatic rings. The summed E-state index contributed by atoms with van der Waals surface area (Å²) < 4.78 is 5.65. The number of carbonyl (C=O) groups excluding carboxylic acids is 1. The molecule has 1 unspecified atom stereocenters. The first-order chi connectivity index (χ1) is 11.1. The minimum absolute atomic E-state index is 0.264. The van der Waals surface area contributed by atoms with Crippen LogP contribution >= 0.6 is 11.6 Å². The van der Waals surface area contributed by atoms with Crippen LogP contribution in [0.1, 0.15) is 29.0 Å². The highest BCUT2D eigenvalue weighted by molar-refractivity contribution is 6.30. The average Bonchev–Trinajstić information content (AvgIpc) is 2.98. The van der Waals surface area contributed by atoms with E-state index in [-0.39, 0.29) is 11.7 Å². The van der Waals surface area contributed by atoms with E-state index in [4.69, 9.17) is 16.3 Å². The molecule has 0 aromatic heterocycles. The molecule has 0 spiro atoms. The first-order valence-corrected chi connectivity index (χ1v) is 8.40. The van der Waals surface area contributed by atoms with Crippen molar-refractivity contribution < 1.29 is 9.53 Å². The summed E-state index contributed by atoms with van der Waals surface area (Å²) in [5, 5.41) is 0.699. The second-order valence-corrected chi connectivity index (χ2v) is 6.80. The van der Waals surface area contributed by atoms with Crippen molar-refractivity contribution in [1.29, 1.82) is 0 Å². The number of hydrogen-bond donors (Lipinski definition) is 0. The number of halogens is 1. The number of ether oxygens (including phenoxy) is 1. The largest absolute Gasteiger partial charge is 0.380 e. The molecule has 3 rings (SSSR count). The summed E-state index contributed by atoms with van der Waals surface area (Å²) >= 11 is 5.88. The fourth-order valence-electron chi connectivity index (χ4n) is 3.18. The number of hydrogen-bond acceptors (Lipinski definition) is 2. The van der Waals surface area contributed by atoms with Crippen molar-refractivity contribution in [2.45, 2.75) is 25.7 Å². The van der Waals surface area contributed by atoms with Gasteiger partial charge in [-0.2, -0.15) is 0 Å². The standard InChI is InChI=1S/C20H21ClO2/c1-14-2-6-16(7-3-14)20-13-23-12-17(20)11-19(22)10-15-4-8-18(21)9-5-15/h2-9,17,20H,10-13H2,1H3/t17-,20?/m1/s1. The lowest BCUT2D eigenvalue weighted by molar-refractivity contribution is -0.119. The van der Waals surface area contributed by atoms with Crippen LogP contribution in [0.3, 0.4) is 0 Å². The maximum absolute atomic E-state index is 12.4. The molecule has 0 radical (unpaired) electrons. The van der Waals surface area contributed by atoms with Crippen molar-refractivity contribution in [2.24, 2.45) is 5.92 Å². The Hall–Kier alpha value is -1.64. The van der Waals surface area contributed by atoms with Crippen LogP contribution in [0, 0.1) is 12.8 Å². The van der Waals surface area contributed by atoms with Gasteiger partial charge in [0.15, 0.2) is 0 Å². The van der Waals surface area contributed by atoms with Gasteiger partial charge in [-0.05, 0) is 36.1 Å². The summed E-state index contributed by atoms with van der Waals surface area (Å²) in [7, 11) is 0. The van der Waals surface area contributed by atoms with Crippen LogP contribution in [0.4, 0.5) is 0 Å². The van der Waals surface area contributed by atoms with Crippen LogP contribution in [0.5, 0.6) is 0 Å². The van der Waals surface area contributed by atoms with Gasteiger partial charge in [0, 0.05) is 23.8 Å². The molecule has 1 fully saturated rings. The van der Waals surface area contributed by atoms with E-state index in [1.807, 2.05) is 24.3 Å².